The van der Waals surface area contributed by atoms with Crippen molar-refractivity contribution >= 4 is 24.8 Å². The third kappa shape index (κ3) is 11.0. The summed E-state index contributed by atoms with van der Waals surface area (Å²) in [6.45, 7) is -0.0931. The number of hydrogen-bond donors (Lipinski definition) is 2. The summed E-state index contributed by atoms with van der Waals surface area (Å²) in [6, 6.07) is -0.474. The maximum absolute atomic E-state index is 11.5. The Kier molecular flexibility index (Phi) is 19.8. The molecule has 0 amide bonds. The van der Waals surface area contributed by atoms with E-state index in [2.05, 4.69) is 0 Å². The molecule has 0 aromatic rings. The molecule has 1 atom stereocenters. The van der Waals surface area contributed by atoms with Crippen LogP contribution in [-0.2, 0) is 0 Å². The van der Waals surface area contributed by atoms with Crippen LogP contribution in [0, 0.1) is 0 Å². The van der Waals surface area contributed by atoms with Crippen LogP contribution in [0.3, 0.4) is 0 Å². The Morgan fingerprint density at radius 3 is 2.20 bits per heavy atom. The lowest BCUT2D eigenvalue weighted by atomic mass is 10.3. The Morgan fingerprint density at radius 1 is 1.40 bits per heavy atom. The number of rotatable bonds is 3. The maximum Gasteiger partial charge on any atom is 0.108 e. The van der Waals surface area contributed by atoms with Gasteiger partial charge in [0.15, 0.2) is 0 Å². The standard InChI is InChI=1S/C5H11FN2.2ClH/c6-4-5(8)2-1-3-7;;/h1-2,5H,3-4,7-8H2;2*1H. The highest BCUT2D eigenvalue weighted by molar-refractivity contribution is 5.85. The molecule has 0 rings (SSSR count). The highest BCUT2D eigenvalue weighted by Gasteiger charge is 1.90. The van der Waals surface area contributed by atoms with Gasteiger partial charge in [-0.2, -0.15) is 0 Å². The van der Waals surface area contributed by atoms with Crippen LogP contribution in [0.15, 0.2) is 12.2 Å². The van der Waals surface area contributed by atoms with Crippen molar-refractivity contribution in [2.24, 2.45) is 11.5 Å². The first-order chi connectivity index (χ1) is 3.81. The van der Waals surface area contributed by atoms with Gasteiger partial charge < -0.3 is 11.5 Å². The second-order valence-electron chi connectivity index (χ2n) is 1.48. The highest BCUT2D eigenvalue weighted by atomic mass is 35.5. The first-order valence-electron chi connectivity index (χ1n) is 2.49. The predicted octanol–water partition coefficient (Wildman–Crippen LogP) is 0.642. The molecule has 5 heteroatoms. The largest absolute Gasteiger partial charge is 0.327 e. The predicted molar refractivity (Wildman–Crippen MR) is 46.6 cm³/mol. The summed E-state index contributed by atoms with van der Waals surface area (Å²) in [5.41, 5.74) is 10.2. The normalized spacial score (nSPS) is 11.9. The van der Waals surface area contributed by atoms with Gasteiger partial charge in [0, 0.05) is 6.54 Å². The van der Waals surface area contributed by atoms with Gasteiger partial charge in [-0.25, -0.2) is 4.39 Å². The van der Waals surface area contributed by atoms with E-state index in [0.717, 1.165) is 0 Å². The minimum absolute atomic E-state index is 0. The van der Waals surface area contributed by atoms with Crippen molar-refractivity contribution in [2.45, 2.75) is 6.04 Å². The topological polar surface area (TPSA) is 52.0 Å². The first-order valence-corrected chi connectivity index (χ1v) is 2.49. The van der Waals surface area contributed by atoms with E-state index in [4.69, 9.17) is 11.5 Å². The average molecular weight is 191 g/mol. The maximum atomic E-state index is 11.5. The van der Waals surface area contributed by atoms with Gasteiger partial charge in [-0.3, -0.25) is 0 Å². The van der Waals surface area contributed by atoms with Crippen molar-refractivity contribution in [1.82, 2.24) is 0 Å². The molecule has 10 heavy (non-hydrogen) atoms. The van der Waals surface area contributed by atoms with Gasteiger partial charge in [0.2, 0.25) is 0 Å². The van der Waals surface area contributed by atoms with Crippen LogP contribution >= 0.6 is 24.8 Å². The van der Waals surface area contributed by atoms with Crippen LogP contribution in [-0.4, -0.2) is 19.3 Å². The molecule has 0 heterocycles. The molecule has 1 unspecified atom stereocenters. The smallest absolute Gasteiger partial charge is 0.108 e. The molecule has 0 aliphatic heterocycles. The zero-order valence-corrected chi connectivity index (χ0v) is 7.13. The molecule has 0 fully saturated rings. The van der Waals surface area contributed by atoms with Crippen molar-refractivity contribution in [2.75, 3.05) is 13.2 Å². The molecule has 0 bridgehead atoms. The molecule has 64 valence electrons. The Hall–Kier alpha value is 0.170. The fourth-order valence-corrected chi connectivity index (χ4v) is 0.305. The quantitative estimate of drug-likeness (QED) is 0.643. The van der Waals surface area contributed by atoms with Gasteiger partial charge in [0.1, 0.15) is 6.67 Å². The molecule has 0 spiro atoms. The van der Waals surface area contributed by atoms with E-state index < -0.39 is 12.7 Å². The van der Waals surface area contributed by atoms with Gasteiger partial charge >= 0.3 is 0 Å². The summed E-state index contributed by atoms with van der Waals surface area (Å²) in [4.78, 5) is 0. The van der Waals surface area contributed by atoms with E-state index in [1.165, 1.54) is 0 Å². The number of alkyl halides is 1. The minimum Gasteiger partial charge on any atom is -0.327 e. The average Bonchev–Trinajstić information content (AvgIpc) is 1.83. The molecule has 4 N–H and O–H groups in total. The Balaban J connectivity index is -0.000000245. The number of halogens is 3. The summed E-state index contributed by atoms with van der Waals surface area (Å²) in [6.07, 6.45) is 3.20. The van der Waals surface area contributed by atoms with Crippen LogP contribution in [0.5, 0.6) is 0 Å². The van der Waals surface area contributed by atoms with Crippen molar-refractivity contribution in [3.63, 3.8) is 0 Å². The van der Waals surface area contributed by atoms with Crippen LogP contribution in [0.25, 0.3) is 0 Å². The lowest BCUT2D eigenvalue weighted by Crippen LogP contribution is -2.19. The zero-order valence-electron chi connectivity index (χ0n) is 5.50. The third-order valence-corrected chi connectivity index (χ3v) is 0.698. The molecule has 0 saturated carbocycles. The second kappa shape index (κ2) is 11.9. The van der Waals surface area contributed by atoms with E-state index in [1.54, 1.807) is 12.2 Å². The van der Waals surface area contributed by atoms with Crippen molar-refractivity contribution in [1.29, 1.82) is 0 Å². The van der Waals surface area contributed by atoms with E-state index >= 15 is 0 Å². The summed E-state index contributed by atoms with van der Waals surface area (Å²) >= 11 is 0. The summed E-state index contributed by atoms with van der Waals surface area (Å²) in [7, 11) is 0. The molecule has 0 saturated heterocycles. The van der Waals surface area contributed by atoms with Crippen LogP contribution in [0.2, 0.25) is 0 Å². The van der Waals surface area contributed by atoms with Gasteiger partial charge in [-0.15, -0.1) is 24.8 Å². The van der Waals surface area contributed by atoms with E-state index in [1.807, 2.05) is 0 Å². The van der Waals surface area contributed by atoms with Crippen molar-refractivity contribution in [3.05, 3.63) is 12.2 Å². The van der Waals surface area contributed by atoms with Crippen LogP contribution in [0.4, 0.5) is 4.39 Å². The van der Waals surface area contributed by atoms with Gasteiger partial charge in [-0.05, 0) is 0 Å². The summed E-state index contributed by atoms with van der Waals surface area (Å²) in [5.74, 6) is 0. The third-order valence-electron chi connectivity index (χ3n) is 0.698. The molecular formula is C5H13Cl2FN2. The Bertz CT molecular complexity index is 80.0. The lowest BCUT2D eigenvalue weighted by molar-refractivity contribution is 0.465. The van der Waals surface area contributed by atoms with Crippen molar-refractivity contribution < 1.29 is 4.39 Å². The highest BCUT2D eigenvalue weighted by Crippen LogP contribution is 1.80. The van der Waals surface area contributed by atoms with E-state index in [9.17, 15) is 4.39 Å². The molecule has 0 aromatic carbocycles. The number of hydrogen-bond acceptors (Lipinski definition) is 2. The van der Waals surface area contributed by atoms with Gasteiger partial charge in [0.25, 0.3) is 0 Å². The van der Waals surface area contributed by atoms with Crippen LogP contribution < -0.4 is 11.5 Å². The molecular weight excluding hydrogens is 178 g/mol. The fraction of sp³-hybridized carbons (Fsp3) is 0.600. The Morgan fingerprint density at radius 2 is 1.90 bits per heavy atom. The minimum atomic E-state index is -0.517. The van der Waals surface area contributed by atoms with Gasteiger partial charge in [0.05, 0.1) is 6.04 Å². The SMILES string of the molecule is Cl.Cl.NCC=CC(N)CF. The Labute approximate surface area is 72.7 Å². The molecule has 2 nitrogen and oxygen atoms in total. The van der Waals surface area contributed by atoms with Crippen LogP contribution in [0.1, 0.15) is 0 Å². The molecule has 0 aliphatic rings. The lowest BCUT2D eigenvalue weighted by Gasteiger charge is -1.94. The first kappa shape index (κ1) is 16.6. The van der Waals surface area contributed by atoms with Gasteiger partial charge in [-0.1, -0.05) is 12.2 Å². The van der Waals surface area contributed by atoms with E-state index in [-0.39, 0.29) is 24.8 Å². The zero-order chi connectivity index (χ0) is 6.41. The molecule has 0 aliphatic carbocycles. The fourth-order valence-electron chi connectivity index (χ4n) is 0.305. The monoisotopic (exact) mass is 190 g/mol. The summed E-state index contributed by atoms with van der Waals surface area (Å²) in [5, 5.41) is 0. The second-order valence-corrected chi connectivity index (χ2v) is 1.48. The molecule has 0 aromatic heterocycles. The van der Waals surface area contributed by atoms with Crippen molar-refractivity contribution in [3.8, 4) is 0 Å². The summed E-state index contributed by atoms with van der Waals surface area (Å²) < 4.78 is 11.5. The molecule has 0 radical (unpaired) electrons. The number of nitrogens with two attached hydrogens (primary N) is 2. The van der Waals surface area contributed by atoms with E-state index in [0.29, 0.717) is 6.54 Å².